The molecule has 1 amide bonds. The van der Waals surface area contributed by atoms with E-state index < -0.39 is 0 Å². The average molecular weight is 302 g/mol. The van der Waals surface area contributed by atoms with Crippen molar-refractivity contribution in [1.82, 2.24) is 5.32 Å². The van der Waals surface area contributed by atoms with Gasteiger partial charge in [0.2, 0.25) is 5.91 Å². The zero-order valence-corrected chi connectivity index (χ0v) is 12.2. The van der Waals surface area contributed by atoms with Crippen LogP contribution in [0, 0.1) is 11.8 Å². The molecule has 0 aliphatic carbocycles. The molecule has 0 spiro atoms. The lowest BCUT2D eigenvalue weighted by Gasteiger charge is -1.94. The SMILES string of the molecule is O=C(/C=C/c1ccc(Cl)s1)NCC#Cc1ccccc1. The molecule has 20 heavy (non-hydrogen) atoms. The fourth-order valence-corrected chi connectivity index (χ4v) is 2.40. The number of hydrogen-bond donors (Lipinski definition) is 1. The summed E-state index contributed by atoms with van der Waals surface area (Å²) in [5.74, 6) is 5.70. The number of halogens is 1. The number of amides is 1. The predicted octanol–water partition coefficient (Wildman–Crippen LogP) is 3.58. The minimum Gasteiger partial charge on any atom is -0.342 e. The van der Waals surface area contributed by atoms with Gasteiger partial charge in [0.05, 0.1) is 10.9 Å². The van der Waals surface area contributed by atoms with E-state index in [1.165, 1.54) is 17.4 Å². The Kier molecular flexibility index (Phi) is 5.43. The van der Waals surface area contributed by atoms with E-state index in [0.29, 0.717) is 10.9 Å². The van der Waals surface area contributed by atoms with Crippen molar-refractivity contribution >= 4 is 34.9 Å². The third-order valence-corrected chi connectivity index (χ3v) is 3.55. The zero-order valence-electron chi connectivity index (χ0n) is 10.6. The molecule has 2 rings (SSSR count). The fraction of sp³-hybridized carbons (Fsp3) is 0.0625. The molecule has 2 aromatic rings. The highest BCUT2D eigenvalue weighted by Crippen LogP contribution is 2.22. The van der Waals surface area contributed by atoms with Crippen LogP contribution in [0.4, 0.5) is 0 Å². The molecule has 100 valence electrons. The van der Waals surface area contributed by atoms with E-state index in [-0.39, 0.29) is 5.91 Å². The monoisotopic (exact) mass is 301 g/mol. The van der Waals surface area contributed by atoms with Gasteiger partial charge in [-0.15, -0.1) is 11.3 Å². The predicted molar refractivity (Wildman–Crippen MR) is 84.7 cm³/mol. The largest absolute Gasteiger partial charge is 0.342 e. The third-order valence-electron chi connectivity index (χ3n) is 2.35. The normalized spacial score (nSPS) is 10.1. The van der Waals surface area contributed by atoms with Gasteiger partial charge in [0.1, 0.15) is 0 Å². The van der Waals surface area contributed by atoms with Crippen molar-refractivity contribution in [2.24, 2.45) is 0 Å². The summed E-state index contributed by atoms with van der Waals surface area (Å²) >= 11 is 7.23. The van der Waals surface area contributed by atoms with Gasteiger partial charge < -0.3 is 5.32 Å². The van der Waals surface area contributed by atoms with Crippen LogP contribution < -0.4 is 5.32 Å². The Morgan fingerprint density at radius 2 is 2.05 bits per heavy atom. The van der Waals surface area contributed by atoms with Crippen LogP contribution in [0.5, 0.6) is 0 Å². The first-order chi connectivity index (χ1) is 9.74. The van der Waals surface area contributed by atoms with E-state index in [1.54, 1.807) is 12.1 Å². The van der Waals surface area contributed by atoms with Crippen molar-refractivity contribution in [3.05, 3.63) is 63.3 Å². The maximum absolute atomic E-state index is 11.5. The van der Waals surface area contributed by atoms with Gasteiger partial charge in [-0.2, -0.15) is 0 Å². The third kappa shape index (κ3) is 4.93. The summed E-state index contributed by atoms with van der Waals surface area (Å²) in [5.41, 5.74) is 0.936. The Hall–Kier alpha value is -2.02. The minimum absolute atomic E-state index is 0.170. The Morgan fingerprint density at radius 3 is 2.75 bits per heavy atom. The second-order valence-electron chi connectivity index (χ2n) is 3.86. The van der Waals surface area contributed by atoms with E-state index >= 15 is 0 Å². The van der Waals surface area contributed by atoms with Crippen molar-refractivity contribution in [3.63, 3.8) is 0 Å². The first kappa shape index (κ1) is 14.4. The molecule has 1 heterocycles. The lowest BCUT2D eigenvalue weighted by molar-refractivity contribution is -0.116. The van der Waals surface area contributed by atoms with Gasteiger partial charge in [-0.05, 0) is 30.3 Å². The lowest BCUT2D eigenvalue weighted by Crippen LogP contribution is -2.20. The smallest absolute Gasteiger partial charge is 0.244 e. The topological polar surface area (TPSA) is 29.1 Å². The summed E-state index contributed by atoms with van der Waals surface area (Å²) in [4.78, 5) is 12.5. The van der Waals surface area contributed by atoms with Crippen LogP contribution in [0.1, 0.15) is 10.4 Å². The molecule has 0 bridgehead atoms. The van der Waals surface area contributed by atoms with Crippen LogP contribution in [-0.2, 0) is 4.79 Å². The van der Waals surface area contributed by atoms with Crippen molar-refractivity contribution in [3.8, 4) is 11.8 Å². The summed E-state index contributed by atoms with van der Waals surface area (Å²) in [5, 5.41) is 2.70. The summed E-state index contributed by atoms with van der Waals surface area (Å²) in [6.45, 7) is 0.323. The van der Waals surface area contributed by atoms with Gasteiger partial charge in [0, 0.05) is 16.5 Å². The highest BCUT2D eigenvalue weighted by atomic mass is 35.5. The molecule has 1 aromatic heterocycles. The molecule has 1 N–H and O–H groups in total. The van der Waals surface area contributed by atoms with E-state index in [1.807, 2.05) is 36.4 Å². The molecule has 0 saturated heterocycles. The second-order valence-corrected chi connectivity index (χ2v) is 5.61. The number of carbonyl (C=O) groups excluding carboxylic acids is 1. The van der Waals surface area contributed by atoms with Crippen molar-refractivity contribution < 1.29 is 4.79 Å². The van der Waals surface area contributed by atoms with Crippen LogP contribution in [0.15, 0.2) is 48.5 Å². The first-order valence-corrected chi connectivity index (χ1v) is 7.18. The first-order valence-electron chi connectivity index (χ1n) is 5.99. The number of carbonyl (C=O) groups is 1. The lowest BCUT2D eigenvalue weighted by atomic mass is 10.2. The average Bonchev–Trinajstić information content (AvgIpc) is 2.88. The van der Waals surface area contributed by atoms with Crippen LogP contribution in [-0.4, -0.2) is 12.5 Å². The number of benzene rings is 1. The van der Waals surface area contributed by atoms with Gasteiger partial charge in [-0.25, -0.2) is 0 Å². The number of thiophene rings is 1. The molecule has 2 nitrogen and oxygen atoms in total. The summed E-state index contributed by atoms with van der Waals surface area (Å²) in [7, 11) is 0. The quantitative estimate of drug-likeness (QED) is 0.681. The van der Waals surface area contributed by atoms with Crippen molar-refractivity contribution in [1.29, 1.82) is 0 Å². The molecule has 4 heteroatoms. The van der Waals surface area contributed by atoms with Gasteiger partial charge >= 0.3 is 0 Å². The molecule has 0 aliphatic rings. The number of nitrogens with one attached hydrogen (secondary N) is 1. The van der Waals surface area contributed by atoms with Crippen LogP contribution >= 0.6 is 22.9 Å². The van der Waals surface area contributed by atoms with Crippen molar-refractivity contribution in [2.45, 2.75) is 0 Å². The molecule has 0 saturated carbocycles. The van der Waals surface area contributed by atoms with E-state index in [4.69, 9.17) is 11.6 Å². The molecular weight excluding hydrogens is 290 g/mol. The molecule has 0 unspecified atom stereocenters. The maximum Gasteiger partial charge on any atom is 0.244 e. The van der Waals surface area contributed by atoms with Crippen LogP contribution in [0.25, 0.3) is 6.08 Å². The molecule has 0 radical (unpaired) electrons. The number of hydrogen-bond acceptors (Lipinski definition) is 2. The molecule has 0 fully saturated rings. The van der Waals surface area contributed by atoms with E-state index in [0.717, 1.165) is 10.4 Å². The Bertz CT molecular complexity index is 665. The fourth-order valence-electron chi connectivity index (χ4n) is 1.43. The van der Waals surface area contributed by atoms with Gasteiger partial charge in [-0.1, -0.05) is 41.6 Å². The highest BCUT2D eigenvalue weighted by molar-refractivity contribution is 7.17. The van der Waals surface area contributed by atoms with Gasteiger partial charge in [0.25, 0.3) is 0 Å². The molecule has 0 aliphatic heterocycles. The minimum atomic E-state index is -0.170. The number of rotatable bonds is 3. The summed E-state index contributed by atoms with van der Waals surface area (Å²) < 4.78 is 0.707. The molecular formula is C16H12ClNOS. The Labute approximate surface area is 127 Å². The maximum atomic E-state index is 11.5. The van der Waals surface area contributed by atoms with Gasteiger partial charge in [0.15, 0.2) is 0 Å². The van der Waals surface area contributed by atoms with Gasteiger partial charge in [-0.3, -0.25) is 4.79 Å². The zero-order chi connectivity index (χ0) is 14.2. The van der Waals surface area contributed by atoms with E-state index in [2.05, 4.69) is 17.2 Å². The summed E-state index contributed by atoms with van der Waals surface area (Å²) in [6.07, 6.45) is 3.21. The van der Waals surface area contributed by atoms with Crippen LogP contribution in [0.3, 0.4) is 0 Å². The Balaban J connectivity index is 1.78. The standard InChI is InChI=1S/C16H12ClNOS/c17-15-10-8-14(20-15)9-11-16(19)18-12-4-7-13-5-2-1-3-6-13/h1-3,5-6,8-11H,12H2,(H,18,19)/b11-9+. The molecule has 0 atom stereocenters. The van der Waals surface area contributed by atoms with Crippen molar-refractivity contribution in [2.75, 3.05) is 6.54 Å². The van der Waals surface area contributed by atoms with E-state index in [9.17, 15) is 4.79 Å². The van der Waals surface area contributed by atoms with Crippen LogP contribution in [0.2, 0.25) is 4.34 Å². The summed E-state index contributed by atoms with van der Waals surface area (Å²) in [6, 6.07) is 13.3. The Morgan fingerprint density at radius 1 is 1.25 bits per heavy atom. The second kappa shape index (κ2) is 7.54. The highest BCUT2D eigenvalue weighted by Gasteiger charge is 1.95. The molecule has 1 aromatic carbocycles.